The van der Waals surface area contributed by atoms with Gasteiger partial charge in [0.2, 0.25) is 10.0 Å². The maximum atomic E-state index is 13.8. The van der Waals surface area contributed by atoms with E-state index in [1.165, 1.54) is 4.31 Å². The number of nitrogens with one attached hydrogen (secondary N) is 1. The van der Waals surface area contributed by atoms with Gasteiger partial charge < -0.3 is 5.32 Å². The van der Waals surface area contributed by atoms with Crippen molar-refractivity contribution in [1.29, 1.82) is 0 Å². The molecule has 0 saturated carbocycles. The summed E-state index contributed by atoms with van der Waals surface area (Å²) in [5, 5.41) is 3.26. The van der Waals surface area contributed by atoms with Crippen LogP contribution in [0, 0.1) is 11.6 Å². The maximum Gasteiger partial charge on any atom is 0.246 e. The highest BCUT2D eigenvalue weighted by molar-refractivity contribution is 7.89. The molecule has 4 nitrogen and oxygen atoms in total. The van der Waals surface area contributed by atoms with Crippen LogP contribution in [-0.4, -0.2) is 31.9 Å². The van der Waals surface area contributed by atoms with E-state index in [0.717, 1.165) is 17.8 Å². The predicted molar refractivity (Wildman–Crippen MR) is 83.6 cm³/mol. The number of benzene rings is 2. The second-order valence-electron chi connectivity index (χ2n) is 5.43. The zero-order valence-corrected chi connectivity index (χ0v) is 13.1. The van der Waals surface area contributed by atoms with Gasteiger partial charge in [0.15, 0.2) is 0 Å². The van der Waals surface area contributed by atoms with Crippen LogP contribution < -0.4 is 5.32 Å². The summed E-state index contributed by atoms with van der Waals surface area (Å²) < 4.78 is 53.0. The molecule has 2 aromatic carbocycles. The number of para-hydroxylation sites is 1. The first-order chi connectivity index (χ1) is 11.0. The molecule has 0 aromatic heterocycles. The number of sulfonamides is 1. The molecule has 0 spiro atoms. The summed E-state index contributed by atoms with van der Waals surface area (Å²) in [5.74, 6) is -1.86. The average Bonchev–Trinajstić information content (AvgIpc) is 2.97. The van der Waals surface area contributed by atoms with Gasteiger partial charge in [-0.15, -0.1) is 0 Å². The van der Waals surface area contributed by atoms with Gasteiger partial charge in [-0.1, -0.05) is 18.2 Å². The van der Waals surface area contributed by atoms with Crippen molar-refractivity contribution < 1.29 is 17.2 Å². The predicted octanol–water partition coefficient (Wildman–Crippen LogP) is 2.84. The Kier molecular flexibility index (Phi) is 4.32. The third kappa shape index (κ3) is 3.35. The summed E-state index contributed by atoms with van der Waals surface area (Å²) in [6, 6.07) is 11.9. The fourth-order valence-electron chi connectivity index (χ4n) is 2.66. The summed E-state index contributed by atoms with van der Waals surface area (Å²) in [6.45, 7) is 0.539. The molecular formula is C16H16F2N2O2S. The standard InChI is InChI=1S/C16H16F2N2O2S/c17-12-6-7-16(15(18)10-12)23(21,22)20-9-8-14(11-20)19-13-4-2-1-3-5-13/h1-7,10,14,19H,8-9,11H2/t14-/m1/s1. The van der Waals surface area contributed by atoms with Gasteiger partial charge in [0.25, 0.3) is 0 Å². The summed E-state index contributed by atoms with van der Waals surface area (Å²) >= 11 is 0. The van der Waals surface area contributed by atoms with E-state index in [2.05, 4.69) is 5.32 Å². The monoisotopic (exact) mass is 338 g/mol. The van der Waals surface area contributed by atoms with Crippen LogP contribution in [0.25, 0.3) is 0 Å². The van der Waals surface area contributed by atoms with Gasteiger partial charge in [0.1, 0.15) is 16.5 Å². The Morgan fingerprint density at radius 2 is 1.83 bits per heavy atom. The number of nitrogens with zero attached hydrogens (tertiary/aromatic N) is 1. The molecule has 1 heterocycles. The molecule has 2 aromatic rings. The molecule has 122 valence electrons. The van der Waals surface area contributed by atoms with Crippen LogP contribution in [0.3, 0.4) is 0 Å². The van der Waals surface area contributed by atoms with Crippen molar-refractivity contribution in [2.75, 3.05) is 18.4 Å². The van der Waals surface area contributed by atoms with Crippen molar-refractivity contribution in [3.05, 3.63) is 60.2 Å². The first-order valence-electron chi connectivity index (χ1n) is 7.23. The molecule has 1 aliphatic heterocycles. The SMILES string of the molecule is O=S(=O)(c1ccc(F)cc1F)N1CC[C@@H](Nc2ccccc2)C1. The molecule has 0 unspecified atom stereocenters. The summed E-state index contributed by atoms with van der Waals surface area (Å²) in [7, 11) is -3.96. The molecule has 1 aliphatic rings. The lowest BCUT2D eigenvalue weighted by molar-refractivity contribution is 0.465. The van der Waals surface area contributed by atoms with E-state index < -0.39 is 26.6 Å². The third-order valence-corrected chi connectivity index (χ3v) is 5.71. The molecule has 3 rings (SSSR count). The van der Waals surface area contributed by atoms with Gasteiger partial charge in [-0.25, -0.2) is 17.2 Å². The molecule has 0 bridgehead atoms. The number of hydrogen-bond donors (Lipinski definition) is 1. The highest BCUT2D eigenvalue weighted by Crippen LogP contribution is 2.25. The smallest absolute Gasteiger partial charge is 0.246 e. The van der Waals surface area contributed by atoms with Crippen molar-refractivity contribution in [1.82, 2.24) is 4.31 Å². The minimum Gasteiger partial charge on any atom is -0.381 e. The number of hydrogen-bond acceptors (Lipinski definition) is 3. The van der Waals surface area contributed by atoms with Gasteiger partial charge in [-0.3, -0.25) is 0 Å². The molecule has 0 amide bonds. The van der Waals surface area contributed by atoms with Crippen LogP contribution in [0.15, 0.2) is 53.4 Å². The van der Waals surface area contributed by atoms with Crippen molar-refractivity contribution in [2.24, 2.45) is 0 Å². The van der Waals surface area contributed by atoms with Crippen LogP contribution in [0.2, 0.25) is 0 Å². The van der Waals surface area contributed by atoms with E-state index in [9.17, 15) is 17.2 Å². The largest absolute Gasteiger partial charge is 0.381 e. The normalized spacial score (nSPS) is 19.0. The van der Waals surface area contributed by atoms with Crippen molar-refractivity contribution in [3.8, 4) is 0 Å². The van der Waals surface area contributed by atoms with E-state index in [0.29, 0.717) is 19.0 Å². The second kappa shape index (κ2) is 6.25. The fourth-order valence-corrected chi connectivity index (χ4v) is 4.20. The number of rotatable bonds is 4. The molecule has 7 heteroatoms. The highest BCUT2D eigenvalue weighted by Gasteiger charge is 2.34. The lowest BCUT2D eigenvalue weighted by atomic mass is 10.2. The molecule has 0 aliphatic carbocycles. The molecule has 0 radical (unpaired) electrons. The van der Waals surface area contributed by atoms with Crippen LogP contribution in [0.1, 0.15) is 6.42 Å². The van der Waals surface area contributed by atoms with Gasteiger partial charge in [-0.2, -0.15) is 4.31 Å². The van der Waals surface area contributed by atoms with E-state index in [1.54, 1.807) is 0 Å². The molecule has 1 N–H and O–H groups in total. The quantitative estimate of drug-likeness (QED) is 0.933. The van der Waals surface area contributed by atoms with Crippen molar-refractivity contribution in [3.63, 3.8) is 0 Å². The van der Waals surface area contributed by atoms with Crippen LogP contribution >= 0.6 is 0 Å². The zero-order valence-electron chi connectivity index (χ0n) is 12.2. The Balaban J connectivity index is 1.75. The van der Waals surface area contributed by atoms with E-state index >= 15 is 0 Å². The van der Waals surface area contributed by atoms with Crippen molar-refractivity contribution >= 4 is 15.7 Å². The molecular weight excluding hydrogens is 322 g/mol. The second-order valence-corrected chi connectivity index (χ2v) is 7.34. The topological polar surface area (TPSA) is 49.4 Å². The summed E-state index contributed by atoms with van der Waals surface area (Å²) in [6.07, 6.45) is 0.622. The average molecular weight is 338 g/mol. The lowest BCUT2D eigenvalue weighted by Gasteiger charge is -2.18. The maximum absolute atomic E-state index is 13.8. The highest BCUT2D eigenvalue weighted by atomic mass is 32.2. The van der Waals surface area contributed by atoms with Gasteiger partial charge in [-0.05, 0) is 30.7 Å². The first-order valence-corrected chi connectivity index (χ1v) is 8.67. The fraction of sp³-hybridized carbons (Fsp3) is 0.250. The third-order valence-electron chi connectivity index (χ3n) is 3.81. The Morgan fingerprint density at radius 3 is 2.52 bits per heavy atom. The summed E-state index contributed by atoms with van der Waals surface area (Å²) in [5.41, 5.74) is 0.907. The van der Waals surface area contributed by atoms with Crippen LogP contribution in [-0.2, 0) is 10.0 Å². The van der Waals surface area contributed by atoms with Crippen LogP contribution in [0.5, 0.6) is 0 Å². The lowest BCUT2D eigenvalue weighted by Crippen LogP contribution is -2.32. The zero-order chi connectivity index (χ0) is 16.4. The Hall–Kier alpha value is -1.99. The van der Waals surface area contributed by atoms with E-state index in [4.69, 9.17) is 0 Å². The van der Waals surface area contributed by atoms with Gasteiger partial charge in [0.05, 0.1) is 0 Å². The first kappa shape index (κ1) is 15.9. The van der Waals surface area contributed by atoms with E-state index in [-0.39, 0.29) is 12.6 Å². The molecule has 23 heavy (non-hydrogen) atoms. The molecule has 1 atom stereocenters. The molecule has 1 saturated heterocycles. The number of anilines is 1. The van der Waals surface area contributed by atoms with Crippen molar-refractivity contribution in [2.45, 2.75) is 17.4 Å². The van der Waals surface area contributed by atoms with Gasteiger partial charge >= 0.3 is 0 Å². The minimum atomic E-state index is -3.96. The Bertz CT molecular complexity index is 797. The molecule has 1 fully saturated rings. The Morgan fingerprint density at radius 1 is 1.09 bits per heavy atom. The number of halogens is 2. The summed E-state index contributed by atoms with van der Waals surface area (Å²) in [4.78, 5) is -0.487. The Labute approximate surface area is 133 Å². The van der Waals surface area contributed by atoms with Crippen LogP contribution in [0.4, 0.5) is 14.5 Å². The minimum absolute atomic E-state index is 0.0457. The van der Waals surface area contributed by atoms with E-state index in [1.807, 2.05) is 30.3 Å². The van der Waals surface area contributed by atoms with Gasteiger partial charge in [0, 0.05) is 30.9 Å².